The molecule has 3 nitrogen and oxygen atoms in total. The molecule has 1 aliphatic rings. The van der Waals surface area contributed by atoms with Gasteiger partial charge in [0.2, 0.25) is 0 Å². The van der Waals surface area contributed by atoms with Crippen LogP contribution in [0.3, 0.4) is 0 Å². The van der Waals surface area contributed by atoms with Crippen molar-refractivity contribution in [2.45, 2.75) is 37.8 Å². The predicted molar refractivity (Wildman–Crippen MR) is 97.8 cm³/mol. The van der Waals surface area contributed by atoms with Gasteiger partial charge in [0.05, 0.1) is 0 Å². The van der Waals surface area contributed by atoms with Crippen LogP contribution in [0.15, 0.2) is 48.5 Å². The van der Waals surface area contributed by atoms with Gasteiger partial charge in [-0.25, -0.2) is 0 Å². The van der Waals surface area contributed by atoms with E-state index >= 15 is 0 Å². The third kappa shape index (κ3) is 4.22. The number of ether oxygens (including phenoxy) is 1. The average Bonchev–Trinajstić information content (AvgIpc) is 2.59. The van der Waals surface area contributed by atoms with Crippen LogP contribution in [0.4, 0.5) is 0 Å². The molecule has 1 N–H and O–H groups in total. The van der Waals surface area contributed by atoms with Crippen LogP contribution < -0.4 is 4.74 Å². The van der Waals surface area contributed by atoms with E-state index in [1.165, 1.54) is 25.3 Å². The van der Waals surface area contributed by atoms with E-state index in [0.29, 0.717) is 16.8 Å². The maximum absolute atomic E-state index is 10.1. The number of rotatable bonds is 5. The third-order valence-corrected chi connectivity index (χ3v) is 5.00. The minimum Gasteiger partial charge on any atom is -0.504 e. The van der Waals surface area contributed by atoms with Crippen molar-refractivity contribution in [3.8, 4) is 11.5 Å². The molecule has 1 saturated heterocycles. The molecule has 0 bridgehead atoms. The quantitative estimate of drug-likeness (QED) is 0.824. The van der Waals surface area contributed by atoms with E-state index in [1.807, 2.05) is 18.2 Å². The van der Waals surface area contributed by atoms with Crippen molar-refractivity contribution in [3.63, 3.8) is 0 Å². The van der Waals surface area contributed by atoms with Gasteiger partial charge in [-0.15, -0.1) is 0 Å². The van der Waals surface area contributed by atoms with Crippen LogP contribution in [0.25, 0.3) is 0 Å². The molecule has 1 aliphatic heterocycles. The summed E-state index contributed by atoms with van der Waals surface area (Å²) < 4.78 is 6.20. The van der Waals surface area contributed by atoms with E-state index in [-0.39, 0.29) is 11.9 Å². The summed E-state index contributed by atoms with van der Waals surface area (Å²) in [5, 5.41) is 10.6. The maximum Gasteiger partial charge on any atom is 0.161 e. The number of aromatic hydroxyl groups is 1. The van der Waals surface area contributed by atoms with Gasteiger partial charge in [-0.05, 0) is 44.1 Å². The minimum atomic E-state index is -0.0937. The van der Waals surface area contributed by atoms with E-state index in [2.05, 4.69) is 24.1 Å². The molecule has 3 rings (SSSR count). The van der Waals surface area contributed by atoms with Crippen LogP contribution in [-0.2, 0) is 0 Å². The van der Waals surface area contributed by atoms with E-state index in [1.54, 1.807) is 12.1 Å². The molecule has 0 spiro atoms. The number of likely N-dealkylation sites (tertiary alicyclic amines) is 1. The highest BCUT2D eigenvalue weighted by atomic mass is 35.5. The van der Waals surface area contributed by atoms with Crippen molar-refractivity contribution in [2.24, 2.45) is 0 Å². The van der Waals surface area contributed by atoms with Crippen molar-refractivity contribution in [1.29, 1.82) is 0 Å². The maximum atomic E-state index is 10.1. The van der Waals surface area contributed by atoms with Gasteiger partial charge in [0.1, 0.15) is 6.10 Å². The summed E-state index contributed by atoms with van der Waals surface area (Å²) in [7, 11) is 2.19. The largest absolute Gasteiger partial charge is 0.504 e. The highest BCUT2D eigenvalue weighted by Gasteiger charge is 2.25. The van der Waals surface area contributed by atoms with Gasteiger partial charge in [-0.2, -0.15) is 0 Å². The lowest BCUT2D eigenvalue weighted by molar-refractivity contribution is 0.107. The number of phenolic OH excluding ortho intramolecular Hbond substituents is 1. The lowest BCUT2D eigenvalue weighted by Gasteiger charge is -2.35. The number of benzene rings is 2. The van der Waals surface area contributed by atoms with Gasteiger partial charge in [0.25, 0.3) is 0 Å². The fourth-order valence-electron chi connectivity index (χ4n) is 3.35. The third-order valence-electron chi connectivity index (χ3n) is 4.77. The number of piperidine rings is 1. The molecule has 0 saturated carbocycles. The van der Waals surface area contributed by atoms with Gasteiger partial charge in [0.15, 0.2) is 11.5 Å². The Kier molecular flexibility index (Phi) is 5.64. The highest BCUT2D eigenvalue weighted by molar-refractivity contribution is 6.30. The second kappa shape index (κ2) is 7.91. The average molecular weight is 346 g/mol. The van der Waals surface area contributed by atoms with Crippen molar-refractivity contribution >= 4 is 11.6 Å². The Bertz CT molecular complexity index is 662. The van der Waals surface area contributed by atoms with E-state index in [0.717, 1.165) is 18.5 Å². The first-order valence-corrected chi connectivity index (χ1v) is 8.91. The molecule has 0 aromatic heterocycles. The molecule has 128 valence electrons. The minimum absolute atomic E-state index is 0.0837. The van der Waals surface area contributed by atoms with Crippen LogP contribution in [0.2, 0.25) is 5.02 Å². The SMILES string of the molecule is CN1CCCCC1CC(Oc1ccc(Cl)cc1O)c1ccccc1. The molecule has 2 unspecified atom stereocenters. The summed E-state index contributed by atoms with van der Waals surface area (Å²) in [4.78, 5) is 2.42. The molecule has 1 heterocycles. The summed E-state index contributed by atoms with van der Waals surface area (Å²) >= 11 is 5.92. The summed E-state index contributed by atoms with van der Waals surface area (Å²) in [6.07, 6.45) is 4.53. The Labute approximate surface area is 148 Å². The first-order valence-electron chi connectivity index (χ1n) is 8.54. The number of hydrogen-bond donors (Lipinski definition) is 1. The van der Waals surface area contributed by atoms with Gasteiger partial charge in [-0.1, -0.05) is 48.4 Å². The standard InChI is InChI=1S/C20H24ClNO2/c1-22-12-6-5-9-17(22)14-20(15-7-3-2-4-8-15)24-19-11-10-16(21)13-18(19)23/h2-4,7-8,10-11,13,17,20,23H,5-6,9,12,14H2,1H3. The number of nitrogens with zero attached hydrogens (tertiary/aromatic N) is 1. The molecule has 0 aliphatic carbocycles. The van der Waals surface area contributed by atoms with Crippen molar-refractivity contribution in [2.75, 3.05) is 13.6 Å². The smallest absolute Gasteiger partial charge is 0.161 e. The molecular weight excluding hydrogens is 322 g/mol. The van der Waals surface area contributed by atoms with Crippen molar-refractivity contribution in [3.05, 3.63) is 59.1 Å². The fraction of sp³-hybridized carbons (Fsp3) is 0.400. The molecule has 2 aromatic carbocycles. The molecule has 1 fully saturated rings. The molecule has 4 heteroatoms. The Morgan fingerprint density at radius 3 is 2.71 bits per heavy atom. The van der Waals surface area contributed by atoms with E-state index in [4.69, 9.17) is 16.3 Å². The lowest BCUT2D eigenvalue weighted by Crippen LogP contribution is -2.37. The highest BCUT2D eigenvalue weighted by Crippen LogP contribution is 2.35. The van der Waals surface area contributed by atoms with Crippen LogP contribution >= 0.6 is 11.6 Å². The Balaban J connectivity index is 1.82. The van der Waals surface area contributed by atoms with Crippen LogP contribution in [0, 0.1) is 0 Å². The second-order valence-corrected chi connectivity index (χ2v) is 6.93. The summed E-state index contributed by atoms with van der Waals surface area (Å²) in [6.45, 7) is 1.14. The van der Waals surface area contributed by atoms with Crippen molar-refractivity contribution in [1.82, 2.24) is 4.90 Å². The van der Waals surface area contributed by atoms with Crippen LogP contribution in [-0.4, -0.2) is 29.6 Å². The van der Waals surface area contributed by atoms with Gasteiger partial charge >= 0.3 is 0 Å². The lowest BCUT2D eigenvalue weighted by atomic mass is 9.94. The zero-order chi connectivity index (χ0) is 16.9. The Morgan fingerprint density at radius 2 is 2.00 bits per heavy atom. The summed E-state index contributed by atoms with van der Waals surface area (Å²) in [6, 6.07) is 15.7. The molecule has 2 aromatic rings. The van der Waals surface area contributed by atoms with Crippen LogP contribution in [0.1, 0.15) is 37.4 Å². The van der Waals surface area contributed by atoms with Crippen LogP contribution in [0.5, 0.6) is 11.5 Å². The Morgan fingerprint density at radius 1 is 1.21 bits per heavy atom. The summed E-state index contributed by atoms with van der Waals surface area (Å²) in [5.74, 6) is 0.562. The fourth-order valence-corrected chi connectivity index (χ4v) is 3.52. The molecule has 0 amide bonds. The van der Waals surface area contributed by atoms with E-state index < -0.39 is 0 Å². The summed E-state index contributed by atoms with van der Waals surface area (Å²) in [5.41, 5.74) is 1.13. The molecular formula is C20H24ClNO2. The number of halogens is 1. The Hall–Kier alpha value is -1.71. The zero-order valence-corrected chi connectivity index (χ0v) is 14.7. The molecule has 2 atom stereocenters. The van der Waals surface area contributed by atoms with E-state index in [9.17, 15) is 5.11 Å². The topological polar surface area (TPSA) is 32.7 Å². The van der Waals surface area contributed by atoms with Gasteiger partial charge in [0, 0.05) is 23.6 Å². The monoisotopic (exact) mass is 345 g/mol. The second-order valence-electron chi connectivity index (χ2n) is 6.50. The normalized spacial score (nSPS) is 19.8. The predicted octanol–water partition coefficient (Wildman–Crippen LogP) is 5.04. The number of hydrogen-bond acceptors (Lipinski definition) is 3. The number of phenols is 1. The first-order chi connectivity index (χ1) is 11.6. The first kappa shape index (κ1) is 17.1. The van der Waals surface area contributed by atoms with Crippen molar-refractivity contribution < 1.29 is 9.84 Å². The van der Waals surface area contributed by atoms with Gasteiger partial charge < -0.3 is 14.7 Å². The molecule has 0 radical (unpaired) electrons. The zero-order valence-electron chi connectivity index (χ0n) is 14.0. The van der Waals surface area contributed by atoms with Gasteiger partial charge in [-0.3, -0.25) is 0 Å². The molecule has 24 heavy (non-hydrogen) atoms.